The van der Waals surface area contributed by atoms with Gasteiger partial charge in [-0.25, -0.2) is 4.98 Å². The number of aryl methyl sites for hydroxylation is 2. The number of imidazole rings is 1. The molecule has 2 heterocycles. The summed E-state index contributed by atoms with van der Waals surface area (Å²) in [6.45, 7) is 3.93. The number of aliphatic carboxylic acids is 1. The second-order valence-corrected chi connectivity index (χ2v) is 5.43. The van der Waals surface area contributed by atoms with Crippen molar-refractivity contribution >= 4 is 23.1 Å². The SMILES string of the molecule is Cc1cccc(N=Nc2c(CC(=O)O)nc3ccc(C)cn23)c1. The maximum absolute atomic E-state index is 11.1. The van der Waals surface area contributed by atoms with Gasteiger partial charge in [0.15, 0.2) is 5.82 Å². The van der Waals surface area contributed by atoms with Gasteiger partial charge in [-0.15, -0.1) is 10.2 Å². The van der Waals surface area contributed by atoms with Gasteiger partial charge in [-0.2, -0.15) is 0 Å². The van der Waals surface area contributed by atoms with E-state index in [1.54, 1.807) is 4.40 Å². The highest BCUT2D eigenvalue weighted by Gasteiger charge is 2.15. The molecule has 0 spiro atoms. The number of carboxylic acid groups (broad SMARTS) is 1. The van der Waals surface area contributed by atoms with Gasteiger partial charge in [-0.1, -0.05) is 18.2 Å². The summed E-state index contributed by atoms with van der Waals surface area (Å²) in [5.41, 5.74) is 3.89. The van der Waals surface area contributed by atoms with Crippen LogP contribution in [0, 0.1) is 13.8 Å². The molecule has 0 bridgehead atoms. The molecule has 3 rings (SSSR count). The lowest BCUT2D eigenvalue weighted by atomic mass is 10.2. The topological polar surface area (TPSA) is 79.3 Å². The van der Waals surface area contributed by atoms with Crippen LogP contribution in [-0.2, 0) is 11.2 Å². The molecule has 0 saturated carbocycles. The summed E-state index contributed by atoms with van der Waals surface area (Å²) < 4.78 is 1.77. The summed E-state index contributed by atoms with van der Waals surface area (Å²) in [6, 6.07) is 11.4. The summed E-state index contributed by atoms with van der Waals surface area (Å²) in [4.78, 5) is 15.4. The number of nitrogens with zero attached hydrogens (tertiary/aromatic N) is 4. The first-order valence-electron chi connectivity index (χ1n) is 7.21. The number of aromatic nitrogens is 2. The lowest BCUT2D eigenvalue weighted by Gasteiger charge is -1.99. The van der Waals surface area contributed by atoms with Gasteiger partial charge in [0.1, 0.15) is 5.65 Å². The van der Waals surface area contributed by atoms with E-state index in [0.717, 1.165) is 11.1 Å². The van der Waals surface area contributed by atoms with Crippen molar-refractivity contribution in [3.05, 3.63) is 59.4 Å². The molecule has 116 valence electrons. The molecule has 6 nitrogen and oxygen atoms in total. The fraction of sp³-hybridized carbons (Fsp3) is 0.176. The van der Waals surface area contributed by atoms with Crippen molar-refractivity contribution in [2.45, 2.75) is 20.3 Å². The van der Waals surface area contributed by atoms with Crippen LogP contribution in [0.5, 0.6) is 0 Å². The Kier molecular flexibility index (Phi) is 3.89. The molecule has 0 radical (unpaired) electrons. The van der Waals surface area contributed by atoms with Crippen molar-refractivity contribution in [2.24, 2.45) is 10.2 Å². The van der Waals surface area contributed by atoms with Gasteiger partial charge in [-0.3, -0.25) is 9.20 Å². The average Bonchev–Trinajstić information content (AvgIpc) is 2.81. The fourth-order valence-corrected chi connectivity index (χ4v) is 2.35. The van der Waals surface area contributed by atoms with Crippen molar-refractivity contribution in [3.63, 3.8) is 0 Å². The number of benzene rings is 1. The van der Waals surface area contributed by atoms with E-state index < -0.39 is 5.97 Å². The molecule has 6 heteroatoms. The summed E-state index contributed by atoms with van der Waals surface area (Å²) in [5, 5.41) is 17.6. The van der Waals surface area contributed by atoms with E-state index in [-0.39, 0.29) is 6.42 Å². The number of rotatable bonds is 4. The molecule has 23 heavy (non-hydrogen) atoms. The predicted octanol–water partition coefficient (Wildman–Crippen LogP) is 3.99. The second kappa shape index (κ2) is 6.00. The molecule has 0 atom stereocenters. The molecule has 0 saturated heterocycles. The highest BCUT2D eigenvalue weighted by molar-refractivity contribution is 5.72. The average molecular weight is 308 g/mol. The number of carbonyl (C=O) groups is 1. The third kappa shape index (κ3) is 3.26. The molecule has 0 fully saturated rings. The summed E-state index contributed by atoms with van der Waals surface area (Å²) in [7, 11) is 0. The van der Waals surface area contributed by atoms with E-state index in [9.17, 15) is 4.79 Å². The van der Waals surface area contributed by atoms with Crippen LogP contribution in [-0.4, -0.2) is 20.5 Å². The van der Waals surface area contributed by atoms with Crippen molar-refractivity contribution < 1.29 is 9.90 Å². The zero-order chi connectivity index (χ0) is 16.4. The third-order valence-electron chi connectivity index (χ3n) is 3.39. The molecule has 3 aromatic rings. The Morgan fingerprint density at radius 1 is 1.17 bits per heavy atom. The van der Waals surface area contributed by atoms with Crippen LogP contribution in [0.2, 0.25) is 0 Å². The first kappa shape index (κ1) is 14.9. The summed E-state index contributed by atoms with van der Waals surface area (Å²) in [5.74, 6) is -0.496. The molecule has 0 unspecified atom stereocenters. The smallest absolute Gasteiger partial charge is 0.309 e. The Labute approximate surface area is 133 Å². The maximum Gasteiger partial charge on any atom is 0.309 e. The number of azo groups is 1. The minimum absolute atomic E-state index is 0.192. The zero-order valence-corrected chi connectivity index (χ0v) is 12.9. The zero-order valence-electron chi connectivity index (χ0n) is 12.9. The Hall–Kier alpha value is -3.02. The molecule has 1 N–H and O–H groups in total. The van der Waals surface area contributed by atoms with Gasteiger partial charge in [0.2, 0.25) is 0 Å². The molecule has 0 amide bonds. The van der Waals surface area contributed by atoms with E-state index in [2.05, 4.69) is 15.2 Å². The highest BCUT2D eigenvalue weighted by atomic mass is 16.4. The molecule has 2 aromatic heterocycles. The number of hydrogen-bond acceptors (Lipinski definition) is 4. The Morgan fingerprint density at radius 2 is 2.00 bits per heavy atom. The quantitative estimate of drug-likeness (QED) is 0.740. The summed E-state index contributed by atoms with van der Waals surface area (Å²) in [6.07, 6.45) is 1.68. The monoisotopic (exact) mass is 308 g/mol. The first-order chi connectivity index (χ1) is 11.0. The second-order valence-electron chi connectivity index (χ2n) is 5.43. The van der Waals surface area contributed by atoms with Gasteiger partial charge >= 0.3 is 5.97 Å². The lowest BCUT2D eigenvalue weighted by molar-refractivity contribution is -0.136. The molecular weight excluding hydrogens is 292 g/mol. The molecule has 1 aromatic carbocycles. The van der Waals surface area contributed by atoms with E-state index in [1.807, 2.05) is 56.4 Å². The molecule has 0 aliphatic heterocycles. The van der Waals surface area contributed by atoms with Crippen LogP contribution in [0.3, 0.4) is 0 Å². The molecular formula is C17H16N4O2. The van der Waals surface area contributed by atoms with Crippen LogP contribution in [0.25, 0.3) is 5.65 Å². The normalized spacial score (nSPS) is 11.4. The van der Waals surface area contributed by atoms with E-state index >= 15 is 0 Å². The Morgan fingerprint density at radius 3 is 2.74 bits per heavy atom. The number of hydrogen-bond donors (Lipinski definition) is 1. The van der Waals surface area contributed by atoms with Gasteiger partial charge < -0.3 is 5.11 Å². The third-order valence-corrected chi connectivity index (χ3v) is 3.39. The number of carboxylic acids is 1. The van der Waals surface area contributed by atoms with Crippen LogP contribution < -0.4 is 0 Å². The van der Waals surface area contributed by atoms with Gasteiger partial charge in [-0.05, 0) is 43.2 Å². The molecule has 0 aliphatic rings. The number of pyridine rings is 1. The van der Waals surface area contributed by atoms with Gasteiger partial charge in [0.25, 0.3) is 0 Å². The van der Waals surface area contributed by atoms with Crippen molar-refractivity contribution in [3.8, 4) is 0 Å². The lowest BCUT2D eigenvalue weighted by Crippen LogP contribution is -2.00. The predicted molar refractivity (Wildman–Crippen MR) is 86.6 cm³/mol. The fourth-order valence-electron chi connectivity index (χ4n) is 2.35. The van der Waals surface area contributed by atoms with Gasteiger partial charge in [0.05, 0.1) is 17.8 Å². The van der Waals surface area contributed by atoms with Crippen molar-refractivity contribution in [2.75, 3.05) is 0 Å². The standard InChI is InChI=1S/C17H16N4O2/c1-11-4-3-5-13(8-11)19-20-17-14(9-16(22)23)18-15-7-6-12(2)10-21(15)17/h3-8,10H,9H2,1-2H3,(H,22,23). The Bertz CT molecular complexity index is 912. The Balaban J connectivity index is 2.09. The summed E-state index contributed by atoms with van der Waals surface area (Å²) >= 11 is 0. The van der Waals surface area contributed by atoms with Crippen LogP contribution in [0.15, 0.2) is 52.8 Å². The van der Waals surface area contributed by atoms with Crippen LogP contribution in [0.4, 0.5) is 11.5 Å². The van der Waals surface area contributed by atoms with Gasteiger partial charge in [0, 0.05) is 6.20 Å². The minimum Gasteiger partial charge on any atom is -0.481 e. The van der Waals surface area contributed by atoms with Crippen molar-refractivity contribution in [1.82, 2.24) is 9.38 Å². The largest absolute Gasteiger partial charge is 0.481 e. The maximum atomic E-state index is 11.1. The minimum atomic E-state index is -0.947. The van der Waals surface area contributed by atoms with E-state index in [4.69, 9.17) is 5.11 Å². The van der Waals surface area contributed by atoms with Crippen molar-refractivity contribution in [1.29, 1.82) is 0 Å². The highest BCUT2D eigenvalue weighted by Crippen LogP contribution is 2.25. The van der Waals surface area contributed by atoms with E-state index in [0.29, 0.717) is 22.8 Å². The van der Waals surface area contributed by atoms with E-state index in [1.165, 1.54) is 0 Å². The first-order valence-corrected chi connectivity index (χ1v) is 7.21. The molecule has 0 aliphatic carbocycles. The van der Waals surface area contributed by atoms with Crippen LogP contribution >= 0.6 is 0 Å². The van der Waals surface area contributed by atoms with Crippen LogP contribution in [0.1, 0.15) is 16.8 Å². The number of fused-ring (bicyclic) bond motifs is 1.